The molecule has 0 saturated heterocycles. The summed E-state index contributed by atoms with van der Waals surface area (Å²) in [6.45, 7) is 4.23. The first kappa shape index (κ1) is 19.8. The molecular weight excluding hydrogens is 300 g/mol. The van der Waals surface area contributed by atoms with Crippen molar-refractivity contribution in [2.45, 2.75) is 52.4 Å². The van der Waals surface area contributed by atoms with Crippen LogP contribution in [0.25, 0.3) is 0 Å². The topological polar surface area (TPSA) is 57.5 Å². The van der Waals surface area contributed by atoms with Crippen LogP contribution in [0.3, 0.4) is 0 Å². The molecule has 0 fully saturated rings. The first-order valence-electron chi connectivity index (χ1n) is 8.68. The summed E-state index contributed by atoms with van der Waals surface area (Å²) in [6, 6.07) is 14.7. The summed E-state index contributed by atoms with van der Waals surface area (Å²) in [5.74, 6) is -0.396. The van der Waals surface area contributed by atoms with Crippen LogP contribution in [0, 0.1) is 0 Å². The fourth-order valence-corrected chi connectivity index (χ4v) is 2.50. The fourth-order valence-electron chi connectivity index (χ4n) is 2.50. The average Bonchev–Trinajstić information content (AvgIpc) is 2.58. The van der Waals surface area contributed by atoms with E-state index in [0.717, 1.165) is 30.4 Å². The van der Waals surface area contributed by atoms with Crippen LogP contribution >= 0.6 is 0 Å². The molecule has 0 unspecified atom stereocenters. The number of unbranched alkanes of at least 4 members (excludes halogenated alkanes) is 2. The third-order valence-corrected chi connectivity index (χ3v) is 3.81. The first-order chi connectivity index (χ1) is 11.6. The van der Waals surface area contributed by atoms with E-state index in [4.69, 9.17) is 5.11 Å². The van der Waals surface area contributed by atoms with Crippen LogP contribution in [0.2, 0.25) is 0 Å². The Morgan fingerprint density at radius 1 is 0.833 bits per heavy atom. The van der Waals surface area contributed by atoms with Gasteiger partial charge in [0.15, 0.2) is 0 Å². The Hall–Kier alpha value is -2.29. The molecule has 0 amide bonds. The molecule has 0 aliphatic carbocycles. The molecule has 0 aromatic heterocycles. The molecule has 3 heteroatoms. The summed E-state index contributed by atoms with van der Waals surface area (Å²) in [5, 5.41) is 18.2. The third-order valence-electron chi connectivity index (χ3n) is 3.81. The Labute approximate surface area is 145 Å². The van der Waals surface area contributed by atoms with Crippen LogP contribution in [-0.4, -0.2) is 16.2 Å². The highest BCUT2D eigenvalue weighted by Crippen LogP contribution is 2.18. The summed E-state index contributed by atoms with van der Waals surface area (Å²) in [7, 11) is 0. The van der Waals surface area contributed by atoms with Gasteiger partial charge in [-0.3, -0.25) is 0 Å². The van der Waals surface area contributed by atoms with Crippen LogP contribution in [0.4, 0.5) is 0 Å². The van der Waals surface area contributed by atoms with E-state index in [1.54, 1.807) is 18.2 Å². The Bertz CT molecular complexity index is 620. The number of carboxylic acid groups (broad SMARTS) is 1. The van der Waals surface area contributed by atoms with Crippen molar-refractivity contribution in [3.8, 4) is 5.75 Å². The largest absolute Gasteiger partial charge is 0.508 e. The maximum Gasteiger partial charge on any atom is 0.335 e. The molecular formula is C21H28O3. The van der Waals surface area contributed by atoms with E-state index >= 15 is 0 Å². The SMILES string of the molecule is CCCCCc1ccccc1O.CCCc1ccccc1C(=O)O. The van der Waals surface area contributed by atoms with E-state index < -0.39 is 5.97 Å². The lowest BCUT2D eigenvalue weighted by atomic mass is 10.0. The summed E-state index contributed by atoms with van der Waals surface area (Å²) in [5.41, 5.74) is 2.43. The summed E-state index contributed by atoms with van der Waals surface area (Å²) in [4.78, 5) is 10.7. The summed E-state index contributed by atoms with van der Waals surface area (Å²) < 4.78 is 0. The van der Waals surface area contributed by atoms with Gasteiger partial charge >= 0.3 is 5.97 Å². The normalized spacial score (nSPS) is 9.92. The molecule has 2 aromatic carbocycles. The highest BCUT2D eigenvalue weighted by Gasteiger charge is 2.06. The number of aromatic hydroxyl groups is 1. The second-order valence-corrected chi connectivity index (χ2v) is 5.80. The van der Waals surface area contributed by atoms with Gasteiger partial charge in [-0.05, 0) is 42.5 Å². The Kier molecular flexibility index (Phi) is 9.28. The van der Waals surface area contributed by atoms with Crippen molar-refractivity contribution in [2.24, 2.45) is 0 Å². The lowest BCUT2D eigenvalue weighted by molar-refractivity contribution is 0.0695. The van der Waals surface area contributed by atoms with E-state index in [1.165, 1.54) is 19.3 Å². The van der Waals surface area contributed by atoms with E-state index in [-0.39, 0.29) is 0 Å². The van der Waals surface area contributed by atoms with Crippen molar-refractivity contribution < 1.29 is 15.0 Å². The lowest BCUT2D eigenvalue weighted by Crippen LogP contribution is -2.01. The molecule has 2 aromatic rings. The predicted molar refractivity (Wildman–Crippen MR) is 98.7 cm³/mol. The zero-order valence-corrected chi connectivity index (χ0v) is 14.7. The number of aromatic carboxylic acids is 1. The molecule has 0 radical (unpaired) electrons. The molecule has 0 bridgehead atoms. The number of carbonyl (C=O) groups is 1. The van der Waals surface area contributed by atoms with Gasteiger partial charge in [-0.2, -0.15) is 0 Å². The van der Waals surface area contributed by atoms with Gasteiger partial charge in [0, 0.05) is 0 Å². The molecule has 0 atom stereocenters. The van der Waals surface area contributed by atoms with E-state index in [9.17, 15) is 9.90 Å². The number of hydrogen-bond donors (Lipinski definition) is 2. The smallest absolute Gasteiger partial charge is 0.335 e. The number of carboxylic acids is 1. The maximum absolute atomic E-state index is 10.7. The van der Waals surface area contributed by atoms with E-state index in [2.05, 4.69) is 6.92 Å². The molecule has 24 heavy (non-hydrogen) atoms. The van der Waals surface area contributed by atoms with Gasteiger partial charge in [-0.15, -0.1) is 0 Å². The second kappa shape index (κ2) is 11.3. The summed E-state index contributed by atoms with van der Waals surface area (Å²) in [6.07, 6.45) is 6.46. The molecule has 0 aliphatic heterocycles. The fraction of sp³-hybridized carbons (Fsp3) is 0.381. The van der Waals surface area contributed by atoms with Gasteiger partial charge in [0.2, 0.25) is 0 Å². The maximum atomic E-state index is 10.7. The van der Waals surface area contributed by atoms with E-state index in [0.29, 0.717) is 11.3 Å². The van der Waals surface area contributed by atoms with Crippen molar-refractivity contribution in [1.29, 1.82) is 0 Å². The van der Waals surface area contributed by atoms with Gasteiger partial charge in [0.25, 0.3) is 0 Å². The van der Waals surface area contributed by atoms with Gasteiger partial charge in [0.05, 0.1) is 5.56 Å². The van der Waals surface area contributed by atoms with Crippen LogP contribution in [-0.2, 0) is 12.8 Å². The standard InChI is InChI=1S/C11H16O.C10H12O2/c1-2-3-4-7-10-8-5-6-9-11(10)12;1-2-5-8-6-3-4-7-9(8)10(11)12/h5-6,8-9,12H,2-4,7H2,1H3;3-4,6-7H,2,5H2,1H3,(H,11,12). The van der Waals surface area contributed by atoms with Crippen molar-refractivity contribution in [1.82, 2.24) is 0 Å². The van der Waals surface area contributed by atoms with Crippen LogP contribution < -0.4 is 0 Å². The average molecular weight is 328 g/mol. The minimum Gasteiger partial charge on any atom is -0.508 e. The van der Waals surface area contributed by atoms with E-state index in [1.807, 2.05) is 37.3 Å². The molecule has 0 aliphatic rings. The number of para-hydroxylation sites is 1. The van der Waals surface area contributed by atoms with Gasteiger partial charge in [-0.25, -0.2) is 4.79 Å². The number of hydrogen-bond acceptors (Lipinski definition) is 2. The molecule has 2 rings (SSSR count). The molecule has 2 N–H and O–H groups in total. The van der Waals surface area contributed by atoms with Crippen molar-refractivity contribution >= 4 is 5.97 Å². The van der Waals surface area contributed by atoms with Crippen LogP contribution in [0.15, 0.2) is 48.5 Å². The second-order valence-electron chi connectivity index (χ2n) is 5.80. The van der Waals surface area contributed by atoms with Gasteiger partial charge in [-0.1, -0.05) is 69.5 Å². The summed E-state index contributed by atoms with van der Waals surface area (Å²) >= 11 is 0. The van der Waals surface area contributed by atoms with Gasteiger partial charge in [0.1, 0.15) is 5.75 Å². The monoisotopic (exact) mass is 328 g/mol. The Morgan fingerprint density at radius 2 is 1.46 bits per heavy atom. The highest BCUT2D eigenvalue weighted by atomic mass is 16.4. The highest BCUT2D eigenvalue weighted by molar-refractivity contribution is 5.89. The van der Waals surface area contributed by atoms with Crippen LogP contribution in [0.1, 0.15) is 61.0 Å². The third kappa shape index (κ3) is 6.86. The minimum absolute atomic E-state index is 0.430. The molecule has 3 nitrogen and oxygen atoms in total. The predicted octanol–water partition coefficient (Wildman–Crippen LogP) is 5.46. The quantitative estimate of drug-likeness (QED) is 0.663. The number of phenolic OH excluding ortho intramolecular Hbond substituents is 1. The molecule has 0 spiro atoms. The Morgan fingerprint density at radius 3 is 2.04 bits per heavy atom. The minimum atomic E-state index is -0.834. The van der Waals surface area contributed by atoms with Gasteiger partial charge < -0.3 is 10.2 Å². The van der Waals surface area contributed by atoms with Crippen molar-refractivity contribution in [3.63, 3.8) is 0 Å². The molecule has 130 valence electrons. The molecule has 0 heterocycles. The number of rotatable bonds is 7. The number of benzene rings is 2. The Balaban J connectivity index is 0.000000240. The van der Waals surface area contributed by atoms with Crippen molar-refractivity contribution in [3.05, 3.63) is 65.2 Å². The van der Waals surface area contributed by atoms with Crippen molar-refractivity contribution in [2.75, 3.05) is 0 Å². The van der Waals surface area contributed by atoms with Crippen LogP contribution in [0.5, 0.6) is 5.75 Å². The molecule has 0 saturated carbocycles. The number of phenols is 1. The zero-order valence-electron chi connectivity index (χ0n) is 14.7. The number of aryl methyl sites for hydroxylation is 2. The zero-order chi connectivity index (χ0) is 17.8. The lowest BCUT2D eigenvalue weighted by Gasteiger charge is -2.02. The first-order valence-corrected chi connectivity index (χ1v) is 8.68.